The van der Waals surface area contributed by atoms with Gasteiger partial charge >= 0.3 is 0 Å². The van der Waals surface area contributed by atoms with Gasteiger partial charge in [-0.15, -0.1) is 0 Å². The lowest BCUT2D eigenvalue weighted by Crippen LogP contribution is -2.25. The fourth-order valence-corrected chi connectivity index (χ4v) is 5.50. The molecule has 3 heterocycles. The number of pyridine rings is 1. The van der Waals surface area contributed by atoms with Gasteiger partial charge in [0.2, 0.25) is 0 Å². The van der Waals surface area contributed by atoms with Gasteiger partial charge in [0.1, 0.15) is 6.26 Å². The zero-order valence-electron chi connectivity index (χ0n) is 18.8. The lowest BCUT2D eigenvalue weighted by Gasteiger charge is -2.15. The first-order valence-corrected chi connectivity index (χ1v) is 12.9. The van der Waals surface area contributed by atoms with Crippen molar-refractivity contribution in [1.82, 2.24) is 8.96 Å². The van der Waals surface area contributed by atoms with E-state index in [2.05, 4.69) is 20.9 Å². The van der Waals surface area contributed by atoms with Gasteiger partial charge in [-0.1, -0.05) is 29.8 Å². The molecule has 176 valence electrons. The number of fused-ring (bicyclic) bond motifs is 1. The molecule has 0 bridgehead atoms. The molecule has 0 aliphatic carbocycles. The largest absolute Gasteiger partial charge is 0.470 e. The Labute approximate surface area is 210 Å². The maximum atomic E-state index is 13.5. The molecule has 5 aromatic rings. The third-order valence-corrected chi connectivity index (χ3v) is 7.90. The number of halogens is 1. The van der Waals surface area contributed by atoms with Crippen LogP contribution < -0.4 is 4.90 Å². The number of anilines is 1. The molecule has 7 nitrogen and oxygen atoms in total. The fraction of sp³-hybridized carbons (Fsp3) is 0.0769. The topological polar surface area (TPSA) is 85.4 Å². The lowest BCUT2D eigenvalue weighted by molar-refractivity contribution is 0.0993. The Hall–Kier alpha value is -3.69. The minimum Gasteiger partial charge on any atom is -0.470 e. The monoisotopic (exact) mass is 549 g/mol. The van der Waals surface area contributed by atoms with Gasteiger partial charge in [-0.05, 0) is 58.7 Å². The smallest absolute Gasteiger partial charge is 0.269 e. The highest BCUT2D eigenvalue weighted by Gasteiger charge is 2.23. The molecule has 3 aromatic heterocycles. The van der Waals surface area contributed by atoms with E-state index in [0.717, 1.165) is 15.6 Å². The van der Waals surface area contributed by atoms with Crippen LogP contribution in [0.5, 0.6) is 0 Å². The van der Waals surface area contributed by atoms with Crippen LogP contribution in [0.3, 0.4) is 0 Å². The van der Waals surface area contributed by atoms with E-state index in [9.17, 15) is 13.2 Å². The van der Waals surface area contributed by atoms with Crippen molar-refractivity contribution in [2.45, 2.75) is 11.8 Å². The van der Waals surface area contributed by atoms with Crippen LogP contribution in [0.25, 0.3) is 22.2 Å². The summed E-state index contributed by atoms with van der Waals surface area (Å²) in [5, 5.41) is 0.671. The van der Waals surface area contributed by atoms with Crippen LogP contribution in [-0.2, 0) is 10.0 Å². The standard InChI is InChI=1S/C26H20BrN3O4S/c1-17-3-9-22(10-4-17)35(32,33)30-15-24(23-13-20(27)14-28-25(23)30)18-5-7-19(8-6-18)26(31)29(2)21-11-12-34-16-21/h3-16H,1-2H3. The van der Waals surface area contributed by atoms with E-state index in [0.29, 0.717) is 27.8 Å². The minimum atomic E-state index is -3.87. The van der Waals surface area contributed by atoms with Gasteiger partial charge in [-0.3, -0.25) is 4.79 Å². The van der Waals surface area contributed by atoms with Gasteiger partial charge in [0.05, 0.1) is 16.8 Å². The molecule has 35 heavy (non-hydrogen) atoms. The van der Waals surface area contributed by atoms with Crippen molar-refractivity contribution in [3.8, 4) is 11.1 Å². The Morgan fingerprint density at radius 3 is 2.43 bits per heavy atom. The zero-order valence-corrected chi connectivity index (χ0v) is 21.2. The molecule has 0 saturated carbocycles. The van der Waals surface area contributed by atoms with Gasteiger partial charge in [-0.2, -0.15) is 0 Å². The SMILES string of the molecule is Cc1ccc(S(=O)(=O)n2cc(-c3ccc(C(=O)N(C)c4ccoc4)cc3)c3cc(Br)cnc32)cc1. The molecule has 9 heteroatoms. The second-order valence-corrected chi connectivity index (χ2v) is 10.8. The quantitative estimate of drug-likeness (QED) is 0.273. The highest BCUT2D eigenvalue weighted by atomic mass is 79.9. The number of aromatic nitrogens is 2. The Morgan fingerprint density at radius 2 is 1.77 bits per heavy atom. The summed E-state index contributed by atoms with van der Waals surface area (Å²) in [7, 11) is -2.20. The predicted molar refractivity (Wildman–Crippen MR) is 138 cm³/mol. The van der Waals surface area contributed by atoms with E-state index in [-0.39, 0.29) is 10.8 Å². The van der Waals surface area contributed by atoms with Crippen LogP contribution in [0.4, 0.5) is 5.69 Å². The van der Waals surface area contributed by atoms with Crippen molar-refractivity contribution in [3.05, 3.63) is 101 Å². The van der Waals surface area contributed by atoms with Crippen LogP contribution in [0.1, 0.15) is 15.9 Å². The molecule has 0 N–H and O–H groups in total. The Bertz CT molecular complexity index is 1640. The molecule has 0 radical (unpaired) electrons. The first kappa shape index (κ1) is 23.1. The predicted octanol–water partition coefficient (Wildman–Crippen LogP) is 5.88. The number of hydrogen-bond acceptors (Lipinski definition) is 5. The maximum Gasteiger partial charge on any atom is 0.269 e. The van der Waals surface area contributed by atoms with Crippen molar-refractivity contribution in [1.29, 1.82) is 0 Å². The average molecular weight is 550 g/mol. The molecule has 2 aromatic carbocycles. The number of rotatable bonds is 5. The minimum absolute atomic E-state index is 0.180. The molecular formula is C26H20BrN3O4S. The lowest BCUT2D eigenvalue weighted by atomic mass is 10.0. The van der Waals surface area contributed by atoms with Crippen molar-refractivity contribution in [2.75, 3.05) is 11.9 Å². The Balaban J connectivity index is 1.58. The van der Waals surface area contributed by atoms with Crippen molar-refractivity contribution < 1.29 is 17.6 Å². The number of carbonyl (C=O) groups excluding carboxylic acids is 1. The number of carbonyl (C=O) groups is 1. The van der Waals surface area contributed by atoms with Gasteiger partial charge in [-0.25, -0.2) is 17.4 Å². The number of aryl methyl sites for hydroxylation is 1. The molecule has 0 unspecified atom stereocenters. The number of amides is 1. The van der Waals surface area contributed by atoms with E-state index < -0.39 is 10.0 Å². The number of furan rings is 1. The van der Waals surface area contributed by atoms with E-state index in [1.807, 2.05) is 13.0 Å². The summed E-state index contributed by atoms with van der Waals surface area (Å²) in [4.78, 5) is 18.9. The summed E-state index contributed by atoms with van der Waals surface area (Å²) in [6.45, 7) is 1.90. The highest BCUT2D eigenvalue weighted by Crippen LogP contribution is 2.34. The second kappa shape index (κ2) is 8.83. The van der Waals surface area contributed by atoms with Crippen molar-refractivity contribution in [3.63, 3.8) is 0 Å². The summed E-state index contributed by atoms with van der Waals surface area (Å²) in [6.07, 6.45) is 6.16. The molecule has 0 fully saturated rings. The van der Waals surface area contributed by atoms with Gasteiger partial charge in [0.25, 0.3) is 15.9 Å². The normalized spacial score (nSPS) is 11.6. The van der Waals surface area contributed by atoms with Crippen LogP contribution in [0.15, 0.2) is 99.4 Å². The van der Waals surface area contributed by atoms with Crippen molar-refractivity contribution >= 4 is 48.6 Å². The maximum absolute atomic E-state index is 13.5. The first-order chi connectivity index (χ1) is 16.8. The molecule has 0 atom stereocenters. The first-order valence-electron chi connectivity index (χ1n) is 10.7. The van der Waals surface area contributed by atoms with Gasteiger partial charge < -0.3 is 9.32 Å². The van der Waals surface area contributed by atoms with E-state index in [1.165, 1.54) is 21.4 Å². The molecular weight excluding hydrogens is 530 g/mol. The second-order valence-electron chi connectivity index (χ2n) is 8.10. The summed E-state index contributed by atoms with van der Waals surface area (Å²) in [6, 6.07) is 17.3. The number of nitrogens with zero attached hydrogens (tertiary/aromatic N) is 3. The van der Waals surface area contributed by atoms with Gasteiger partial charge in [0.15, 0.2) is 5.65 Å². The third kappa shape index (κ3) is 4.17. The van der Waals surface area contributed by atoms with Crippen molar-refractivity contribution in [2.24, 2.45) is 0 Å². The number of hydrogen-bond donors (Lipinski definition) is 0. The number of benzene rings is 2. The Kier molecular flexibility index (Phi) is 5.82. The summed E-state index contributed by atoms with van der Waals surface area (Å²) >= 11 is 3.44. The fourth-order valence-electron chi connectivity index (χ4n) is 3.84. The molecule has 0 aliphatic heterocycles. The van der Waals surface area contributed by atoms with Crippen LogP contribution >= 0.6 is 15.9 Å². The summed E-state index contributed by atoms with van der Waals surface area (Å²) < 4.78 is 33.9. The van der Waals surface area contributed by atoms with Crippen LogP contribution in [0, 0.1) is 6.92 Å². The highest BCUT2D eigenvalue weighted by molar-refractivity contribution is 9.10. The molecule has 0 aliphatic rings. The van der Waals surface area contributed by atoms with Crippen LogP contribution in [0.2, 0.25) is 0 Å². The Morgan fingerprint density at radius 1 is 1.06 bits per heavy atom. The van der Waals surface area contributed by atoms with E-state index >= 15 is 0 Å². The molecule has 1 amide bonds. The summed E-state index contributed by atoms with van der Waals surface area (Å²) in [5.74, 6) is -0.188. The van der Waals surface area contributed by atoms with E-state index in [1.54, 1.807) is 74.0 Å². The molecule has 0 saturated heterocycles. The zero-order chi connectivity index (χ0) is 24.7. The third-order valence-electron chi connectivity index (χ3n) is 5.80. The van der Waals surface area contributed by atoms with Gasteiger partial charge in [0, 0.05) is 46.5 Å². The average Bonchev–Trinajstić information content (AvgIpc) is 3.52. The van der Waals surface area contributed by atoms with E-state index in [4.69, 9.17) is 4.42 Å². The summed E-state index contributed by atoms with van der Waals surface area (Å²) in [5.41, 5.74) is 3.88. The molecule has 0 spiro atoms. The molecule has 5 rings (SSSR count). The van der Waals surface area contributed by atoms with Crippen LogP contribution in [-0.4, -0.2) is 30.3 Å².